The SMILES string of the molecule is Cc1nn(Cc2c(C#N)c(C)nn2-c2ccccc2)c(=O)c(C#N)c1C. The van der Waals surface area contributed by atoms with Crippen molar-refractivity contribution in [2.45, 2.75) is 27.3 Å². The number of hydrogen-bond donors (Lipinski definition) is 0. The number of nitrogens with zero attached hydrogens (tertiary/aromatic N) is 6. The van der Waals surface area contributed by atoms with E-state index in [1.165, 1.54) is 4.68 Å². The minimum absolute atomic E-state index is 0.0489. The van der Waals surface area contributed by atoms with E-state index in [0.29, 0.717) is 28.2 Å². The minimum Gasteiger partial charge on any atom is -0.266 e. The second-order valence-corrected chi connectivity index (χ2v) is 5.93. The third-order valence-corrected chi connectivity index (χ3v) is 4.32. The zero-order valence-corrected chi connectivity index (χ0v) is 14.7. The molecular weight excluding hydrogens is 328 g/mol. The van der Waals surface area contributed by atoms with Gasteiger partial charge in [0.25, 0.3) is 5.56 Å². The lowest BCUT2D eigenvalue weighted by Gasteiger charge is -2.11. The molecule has 0 bridgehead atoms. The number of nitriles is 2. The van der Waals surface area contributed by atoms with Crippen LogP contribution in [0.4, 0.5) is 0 Å². The molecular formula is C19H16N6O. The van der Waals surface area contributed by atoms with Gasteiger partial charge in [0.15, 0.2) is 0 Å². The molecule has 0 spiro atoms. The summed E-state index contributed by atoms with van der Waals surface area (Å²) >= 11 is 0. The maximum absolute atomic E-state index is 12.6. The normalized spacial score (nSPS) is 10.3. The number of aromatic nitrogens is 4. The molecule has 0 unspecified atom stereocenters. The van der Waals surface area contributed by atoms with Crippen molar-refractivity contribution in [1.29, 1.82) is 10.5 Å². The van der Waals surface area contributed by atoms with Gasteiger partial charge in [0.05, 0.1) is 34.9 Å². The van der Waals surface area contributed by atoms with Gasteiger partial charge in [-0.1, -0.05) is 18.2 Å². The van der Waals surface area contributed by atoms with Crippen LogP contribution in [0.1, 0.15) is 33.8 Å². The van der Waals surface area contributed by atoms with E-state index in [1.807, 2.05) is 36.4 Å². The summed E-state index contributed by atoms with van der Waals surface area (Å²) in [6.07, 6.45) is 0. The maximum atomic E-state index is 12.6. The average molecular weight is 344 g/mol. The van der Waals surface area contributed by atoms with E-state index in [2.05, 4.69) is 16.3 Å². The quantitative estimate of drug-likeness (QED) is 0.724. The number of hydrogen-bond acceptors (Lipinski definition) is 5. The second-order valence-electron chi connectivity index (χ2n) is 5.93. The number of para-hydroxylation sites is 1. The molecule has 0 atom stereocenters. The molecule has 3 rings (SSSR count). The Kier molecular flexibility index (Phi) is 4.38. The summed E-state index contributed by atoms with van der Waals surface area (Å²) in [5, 5.41) is 27.6. The molecule has 128 valence electrons. The molecule has 2 aromatic heterocycles. The number of benzene rings is 1. The van der Waals surface area contributed by atoms with Gasteiger partial charge in [-0.3, -0.25) is 4.79 Å². The molecule has 0 radical (unpaired) electrons. The molecule has 3 aromatic rings. The van der Waals surface area contributed by atoms with E-state index in [0.717, 1.165) is 5.69 Å². The monoisotopic (exact) mass is 344 g/mol. The molecule has 0 aliphatic rings. The summed E-state index contributed by atoms with van der Waals surface area (Å²) in [4.78, 5) is 12.6. The molecule has 0 N–H and O–H groups in total. The first kappa shape index (κ1) is 17.1. The van der Waals surface area contributed by atoms with Crippen LogP contribution in [0, 0.1) is 43.4 Å². The van der Waals surface area contributed by atoms with Gasteiger partial charge in [-0.05, 0) is 38.5 Å². The van der Waals surface area contributed by atoms with Crippen LogP contribution >= 0.6 is 0 Å². The number of rotatable bonds is 3. The van der Waals surface area contributed by atoms with E-state index >= 15 is 0 Å². The highest BCUT2D eigenvalue weighted by atomic mass is 16.1. The van der Waals surface area contributed by atoms with E-state index in [9.17, 15) is 15.3 Å². The van der Waals surface area contributed by atoms with Crippen molar-refractivity contribution < 1.29 is 0 Å². The van der Waals surface area contributed by atoms with Crippen molar-refractivity contribution >= 4 is 0 Å². The maximum Gasteiger partial charge on any atom is 0.285 e. The zero-order valence-electron chi connectivity index (χ0n) is 14.7. The molecule has 0 amide bonds. The second kappa shape index (κ2) is 6.66. The van der Waals surface area contributed by atoms with E-state index < -0.39 is 5.56 Å². The first-order valence-electron chi connectivity index (χ1n) is 8.00. The lowest BCUT2D eigenvalue weighted by Crippen LogP contribution is -2.29. The standard InChI is InChI=1S/C19H16N6O/c1-12-13(2)22-24(19(26)16(12)9-20)11-18-17(10-21)14(3)23-25(18)15-7-5-4-6-8-15/h4-8H,11H2,1-3H3. The molecule has 0 aliphatic carbocycles. The fourth-order valence-electron chi connectivity index (χ4n) is 2.80. The summed E-state index contributed by atoms with van der Waals surface area (Å²) in [6, 6.07) is 13.5. The Hall–Kier alpha value is -3.71. The highest BCUT2D eigenvalue weighted by molar-refractivity contribution is 5.44. The number of aryl methyl sites for hydroxylation is 2. The van der Waals surface area contributed by atoms with E-state index in [1.54, 1.807) is 25.5 Å². The van der Waals surface area contributed by atoms with Gasteiger partial charge in [-0.15, -0.1) is 0 Å². The van der Waals surface area contributed by atoms with Crippen molar-refractivity contribution in [1.82, 2.24) is 19.6 Å². The zero-order chi connectivity index (χ0) is 18.8. The van der Waals surface area contributed by atoms with Crippen LogP contribution in [0.15, 0.2) is 35.1 Å². The molecule has 7 nitrogen and oxygen atoms in total. The van der Waals surface area contributed by atoms with E-state index in [4.69, 9.17) is 0 Å². The van der Waals surface area contributed by atoms with Crippen molar-refractivity contribution in [2.24, 2.45) is 0 Å². The highest BCUT2D eigenvalue weighted by Crippen LogP contribution is 2.19. The molecule has 26 heavy (non-hydrogen) atoms. The summed E-state index contributed by atoms with van der Waals surface area (Å²) in [7, 11) is 0. The van der Waals surface area contributed by atoms with Crippen LogP contribution in [0.5, 0.6) is 0 Å². The Bertz CT molecular complexity index is 1130. The van der Waals surface area contributed by atoms with Crippen LogP contribution in [0.2, 0.25) is 0 Å². The molecule has 1 aromatic carbocycles. The first-order chi connectivity index (χ1) is 12.5. The van der Waals surface area contributed by atoms with Gasteiger partial charge in [0.1, 0.15) is 17.7 Å². The lowest BCUT2D eigenvalue weighted by molar-refractivity contribution is 0.596. The van der Waals surface area contributed by atoms with Crippen LogP contribution in [0.25, 0.3) is 5.69 Å². The molecule has 2 heterocycles. The third-order valence-electron chi connectivity index (χ3n) is 4.32. The van der Waals surface area contributed by atoms with Crippen LogP contribution in [0.3, 0.4) is 0 Å². The molecule has 0 aliphatic heterocycles. The Morgan fingerprint density at radius 2 is 1.62 bits per heavy atom. The molecule has 0 saturated heterocycles. The molecule has 0 saturated carbocycles. The predicted octanol–water partition coefficient (Wildman–Crippen LogP) is 2.15. The summed E-state index contributed by atoms with van der Waals surface area (Å²) in [5.74, 6) is 0. The minimum atomic E-state index is -0.474. The predicted molar refractivity (Wildman–Crippen MR) is 94.8 cm³/mol. The Morgan fingerprint density at radius 3 is 2.23 bits per heavy atom. The Balaban J connectivity index is 2.21. The molecule has 7 heteroatoms. The van der Waals surface area contributed by atoms with Crippen molar-refractivity contribution in [3.8, 4) is 17.8 Å². The smallest absolute Gasteiger partial charge is 0.266 e. The first-order valence-corrected chi connectivity index (χ1v) is 8.00. The largest absolute Gasteiger partial charge is 0.285 e. The van der Waals surface area contributed by atoms with Gasteiger partial charge >= 0.3 is 0 Å². The summed E-state index contributed by atoms with van der Waals surface area (Å²) < 4.78 is 2.86. The van der Waals surface area contributed by atoms with Gasteiger partial charge in [-0.2, -0.15) is 20.7 Å². The van der Waals surface area contributed by atoms with E-state index in [-0.39, 0.29) is 12.1 Å². The van der Waals surface area contributed by atoms with Crippen LogP contribution in [-0.4, -0.2) is 19.6 Å². The van der Waals surface area contributed by atoms with Gasteiger partial charge in [-0.25, -0.2) is 9.36 Å². The average Bonchev–Trinajstić information content (AvgIpc) is 2.96. The summed E-state index contributed by atoms with van der Waals surface area (Å²) in [6.45, 7) is 5.24. The Labute approximate surface area is 150 Å². The van der Waals surface area contributed by atoms with Crippen molar-refractivity contribution in [3.05, 3.63) is 74.5 Å². The third kappa shape index (κ3) is 2.76. The van der Waals surface area contributed by atoms with Crippen LogP contribution in [-0.2, 0) is 6.54 Å². The van der Waals surface area contributed by atoms with Crippen molar-refractivity contribution in [3.63, 3.8) is 0 Å². The topological polar surface area (TPSA) is 100 Å². The van der Waals surface area contributed by atoms with Gasteiger partial charge < -0.3 is 0 Å². The van der Waals surface area contributed by atoms with Crippen LogP contribution < -0.4 is 5.56 Å². The van der Waals surface area contributed by atoms with Crippen molar-refractivity contribution in [2.75, 3.05) is 0 Å². The fourth-order valence-corrected chi connectivity index (χ4v) is 2.80. The highest BCUT2D eigenvalue weighted by Gasteiger charge is 2.19. The summed E-state index contributed by atoms with van der Waals surface area (Å²) in [5.41, 5.74) is 3.08. The Morgan fingerprint density at radius 1 is 0.962 bits per heavy atom. The molecule has 0 fully saturated rings. The fraction of sp³-hybridized carbons (Fsp3) is 0.211. The van der Waals surface area contributed by atoms with Gasteiger partial charge in [0, 0.05) is 0 Å². The van der Waals surface area contributed by atoms with Gasteiger partial charge in [0.2, 0.25) is 0 Å². The lowest BCUT2D eigenvalue weighted by atomic mass is 10.1.